The summed E-state index contributed by atoms with van der Waals surface area (Å²) < 4.78 is 10.4. The highest BCUT2D eigenvalue weighted by Gasteiger charge is 2.32. The van der Waals surface area contributed by atoms with Gasteiger partial charge in [0.2, 0.25) is 5.91 Å². The van der Waals surface area contributed by atoms with Crippen molar-refractivity contribution < 1.29 is 28.7 Å². The Balaban J connectivity index is 1.69. The lowest BCUT2D eigenvalue weighted by molar-refractivity contribution is -0.150. The highest BCUT2D eigenvalue weighted by Crippen LogP contribution is 2.23. The van der Waals surface area contributed by atoms with Crippen molar-refractivity contribution in [3.8, 4) is 0 Å². The molecule has 0 atom stereocenters. The van der Waals surface area contributed by atoms with Gasteiger partial charge in [-0.25, -0.2) is 9.69 Å². The Morgan fingerprint density at radius 1 is 1.20 bits per heavy atom. The molecule has 0 N–H and O–H groups in total. The molecular weight excluding hydrogens is 348 g/mol. The van der Waals surface area contributed by atoms with Gasteiger partial charge >= 0.3 is 12.1 Å². The van der Waals surface area contributed by atoms with E-state index in [0.717, 1.165) is 16.7 Å². The minimum atomic E-state index is -0.527. The molecule has 2 heterocycles. The van der Waals surface area contributed by atoms with Crippen molar-refractivity contribution >= 4 is 35.0 Å². The lowest BCUT2D eigenvalue weighted by atomic mass is 9.94. The van der Waals surface area contributed by atoms with Gasteiger partial charge in [0.1, 0.15) is 5.60 Å². The van der Waals surface area contributed by atoms with E-state index in [-0.39, 0.29) is 42.1 Å². The van der Waals surface area contributed by atoms with Gasteiger partial charge in [-0.05, 0) is 39.5 Å². The van der Waals surface area contributed by atoms with Crippen LogP contribution < -0.4 is 0 Å². The number of imide groups is 1. The summed E-state index contributed by atoms with van der Waals surface area (Å²) >= 11 is 0.904. The van der Waals surface area contributed by atoms with Crippen LogP contribution in [-0.4, -0.2) is 64.2 Å². The lowest BCUT2D eigenvalue weighted by Crippen LogP contribution is -2.42. The van der Waals surface area contributed by atoms with Crippen LogP contribution in [0.15, 0.2) is 0 Å². The first-order chi connectivity index (χ1) is 11.7. The van der Waals surface area contributed by atoms with Gasteiger partial charge in [0.15, 0.2) is 6.73 Å². The van der Waals surface area contributed by atoms with Crippen LogP contribution in [0.25, 0.3) is 0 Å². The second-order valence-electron chi connectivity index (χ2n) is 7.14. The van der Waals surface area contributed by atoms with E-state index >= 15 is 0 Å². The van der Waals surface area contributed by atoms with E-state index in [0.29, 0.717) is 25.9 Å². The summed E-state index contributed by atoms with van der Waals surface area (Å²) in [5.41, 5.74) is -0.527. The number of esters is 1. The van der Waals surface area contributed by atoms with Gasteiger partial charge < -0.3 is 14.4 Å². The molecule has 0 aliphatic carbocycles. The van der Waals surface area contributed by atoms with Crippen LogP contribution in [0, 0.1) is 5.92 Å². The maximum Gasteiger partial charge on any atom is 0.410 e. The van der Waals surface area contributed by atoms with Gasteiger partial charge in [-0.3, -0.25) is 14.4 Å². The number of ether oxygens (including phenoxy) is 2. The highest BCUT2D eigenvalue weighted by molar-refractivity contribution is 8.14. The first-order valence-corrected chi connectivity index (χ1v) is 9.25. The molecular formula is C16H24N2O6S. The third-order valence-electron chi connectivity index (χ3n) is 3.92. The molecule has 2 saturated heterocycles. The molecule has 0 aromatic heterocycles. The topological polar surface area (TPSA) is 93.2 Å². The summed E-state index contributed by atoms with van der Waals surface area (Å²) in [6.45, 7) is 6.21. The maximum atomic E-state index is 12.0. The number of likely N-dealkylation sites (tertiary alicyclic amines) is 1. The number of amides is 3. The third-order valence-corrected chi connectivity index (χ3v) is 4.78. The molecule has 0 aromatic rings. The molecule has 0 spiro atoms. The molecule has 3 amide bonds. The summed E-state index contributed by atoms with van der Waals surface area (Å²) in [5, 5.41) is -0.386. The Hall–Kier alpha value is -1.77. The fraction of sp³-hybridized carbons (Fsp3) is 0.750. The van der Waals surface area contributed by atoms with Gasteiger partial charge in [-0.15, -0.1) is 0 Å². The number of nitrogens with zero attached hydrogens (tertiary/aromatic N) is 2. The van der Waals surface area contributed by atoms with E-state index in [2.05, 4.69) is 0 Å². The molecule has 0 aromatic carbocycles. The summed E-state index contributed by atoms with van der Waals surface area (Å²) in [6, 6.07) is 0. The predicted molar refractivity (Wildman–Crippen MR) is 90.8 cm³/mol. The largest absolute Gasteiger partial charge is 0.444 e. The number of thioether (sulfide) groups is 1. The average molecular weight is 372 g/mol. The fourth-order valence-electron chi connectivity index (χ4n) is 2.58. The molecule has 2 aliphatic heterocycles. The standard InChI is InChI=1S/C16H24N2O6S/c1-16(2,3)24-14(21)17-6-4-11(5-7-17)8-13(20)23-10-18-12(19)9-25-15(18)22/h11H,4-10H2,1-3H3. The monoisotopic (exact) mass is 372 g/mol. The molecule has 2 fully saturated rings. The Labute approximate surface area is 151 Å². The minimum absolute atomic E-state index is 0.0967. The van der Waals surface area contributed by atoms with Crippen molar-refractivity contribution in [3.05, 3.63) is 0 Å². The second kappa shape index (κ2) is 8.07. The zero-order valence-corrected chi connectivity index (χ0v) is 15.6. The van der Waals surface area contributed by atoms with Crippen LogP contribution in [0.4, 0.5) is 9.59 Å². The van der Waals surface area contributed by atoms with Crippen LogP contribution in [0.2, 0.25) is 0 Å². The Kier molecular flexibility index (Phi) is 6.31. The average Bonchev–Trinajstić information content (AvgIpc) is 2.83. The first kappa shape index (κ1) is 19.6. The summed E-state index contributed by atoms with van der Waals surface area (Å²) in [7, 11) is 0. The van der Waals surface area contributed by atoms with Crippen molar-refractivity contribution in [2.75, 3.05) is 25.6 Å². The number of hydrogen-bond donors (Lipinski definition) is 0. The smallest absolute Gasteiger partial charge is 0.410 e. The van der Waals surface area contributed by atoms with Gasteiger partial charge in [-0.2, -0.15) is 0 Å². The van der Waals surface area contributed by atoms with E-state index < -0.39 is 11.6 Å². The van der Waals surface area contributed by atoms with Crippen LogP contribution in [0.1, 0.15) is 40.0 Å². The number of piperidine rings is 1. The molecule has 0 unspecified atom stereocenters. The molecule has 140 valence electrons. The number of carbonyl (C=O) groups excluding carboxylic acids is 4. The summed E-state index contributed by atoms with van der Waals surface area (Å²) in [4.78, 5) is 49.3. The quantitative estimate of drug-likeness (QED) is 0.699. The number of carbonyl (C=O) groups is 4. The fourth-order valence-corrected chi connectivity index (χ4v) is 3.30. The molecule has 0 bridgehead atoms. The number of hydrogen-bond acceptors (Lipinski definition) is 7. The van der Waals surface area contributed by atoms with E-state index in [4.69, 9.17) is 9.47 Å². The Bertz CT molecular complexity index is 535. The van der Waals surface area contributed by atoms with Gasteiger partial charge in [-0.1, -0.05) is 11.8 Å². The molecule has 2 aliphatic rings. The Morgan fingerprint density at radius 2 is 1.84 bits per heavy atom. The van der Waals surface area contributed by atoms with Crippen molar-refractivity contribution in [3.63, 3.8) is 0 Å². The Morgan fingerprint density at radius 3 is 2.36 bits per heavy atom. The second-order valence-corrected chi connectivity index (χ2v) is 8.06. The van der Waals surface area contributed by atoms with Gasteiger partial charge in [0.05, 0.1) is 5.75 Å². The predicted octanol–water partition coefficient (Wildman–Crippen LogP) is 2.22. The van der Waals surface area contributed by atoms with Gasteiger partial charge in [0.25, 0.3) is 5.24 Å². The highest BCUT2D eigenvalue weighted by atomic mass is 32.2. The van der Waals surface area contributed by atoms with Crippen molar-refractivity contribution in [1.82, 2.24) is 9.80 Å². The van der Waals surface area contributed by atoms with Crippen LogP contribution in [0.3, 0.4) is 0 Å². The van der Waals surface area contributed by atoms with Crippen molar-refractivity contribution in [2.45, 2.75) is 45.6 Å². The van der Waals surface area contributed by atoms with E-state index in [1.807, 2.05) is 20.8 Å². The van der Waals surface area contributed by atoms with E-state index in [1.165, 1.54) is 0 Å². The first-order valence-electron chi connectivity index (χ1n) is 8.26. The number of rotatable bonds is 4. The summed E-state index contributed by atoms with van der Waals surface area (Å²) in [5.74, 6) is -0.563. The molecule has 0 saturated carbocycles. The summed E-state index contributed by atoms with van der Waals surface area (Å²) in [6.07, 6.45) is 1.25. The van der Waals surface area contributed by atoms with Crippen LogP contribution in [0.5, 0.6) is 0 Å². The van der Waals surface area contributed by atoms with Crippen molar-refractivity contribution in [2.24, 2.45) is 5.92 Å². The van der Waals surface area contributed by atoms with E-state index in [1.54, 1.807) is 4.90 Å². The third kappa shape index (κ3) is 5.91. The normalized spacial score (nSPS) is 19.3. The molecule has 25 heavy (non-hydrogen) atoms. The van der Waals surface area contributed by atoms with Gasteiger partial charge in [0, 0.05) is 19.5 Å². The van der Waals surface area contributed by atoms with Crippen LogP contribution >= 0.6 is 11.8 Å². The van der Waals surface area contributed by atoms with E-state index in [9.17, 15) is 19.2 Å². The van der Waals surface area contributed by atoms with Crippen LogP contribution in [-0.2, 0) is 19.1 Å². The SMILES string of the molecule is CC(C)(C)OC(=O)N1CCC(CC(=O)OCN2C(=O)CSC2=O)CC1. The molecule has 8 nitrogen and oxygen atoms in total. The maximum absolute atomic E-state index is 12.0. The minimum Gasteiger partial charge on any atom is -0.444 e. The molecule has 2 rings (SSSR count). The lowest BCUT2D eigenvalue weighted by Gasteiger charge is -2.33. The molecule has 9 heteroatoms. The zero-order valence-electron chi connectivity index (χ0n) is 14.8. The zero-order chi connectivity index (χ0) is 18.6. The van der Waals surface area contributed by atoms with Crippen molar-refractivity contribution in [1.29, 1.82) is 0 Å². The molecule has 0 radical (unpaired) electrons.